The molecule has 2 bridgehead atoms. The van der Waals surface area contributed by atoms with Gasteiger partial charge in [0.05, 0.1) is 11.1 Å². The maximum absolute atomic E-state index is 12.9. The molecule has 6 rings (SSSR count). The normalized spacial score (nSPS) is 33.0. The summed E-state index contributed by atoms with van der Waals surface area (Å²) in [6, 6.07) is 4.70. The Hall–Kier alpha value is -2.58. The minimum Gasteiger partial charge on any atom is -0.330 e. The lowest BCUT2D eigenvalue weighted by Crippen LogP contribution is -2.54. The maximum Gasteiger partial charge on any atom is 0.262 e. The molecule has 2 atom stereocenters. The molecule has 4 fully saturated rings. The zero-order valence-corrected chi connectivity index (χ0v) is 16.1. The highest BCUT2D eigenvalue weighted by Crippen LogP contribution is 2.58. The summed E-state index contributed by atoms with van der Waals surface area (Å²) >= 11 is 0. The largest absolute Gasteiger partial charge is 0.330 e. The first-order chi connectivity index (χ1) is 13.9. The van der Waals surface area contributed by atoms with Crippen molar-refractivity contribution in [3.8, 4) is 0 Å². The van der Waals surface area contributed by atoms with E-state index in [4.69, 9.17) is 5.73 Å². The van der Waals surface area contributed by atoms with Crippen molar-refractivity contribution in [2.75, 3.05) is 6.54 Å². The molecule has 0 radical (unpaired) electrons. The Bertz CT molecular complexity index is 937. The Morgan fingerprint density at radius 3 is 2.62 bits per heavy atom. The number of amides is 4. The van der Waals surface area contributed by atoms with E-state index in [1.165, 1.54) is 12.8 Å². The summed E-state index contributed by atoms with van der Waals surface area (Å²) in [6.45, 7) is 1.30. The van der Waals surface area contributed by atoms with Gasteiger partial charge in [-0.15, -0.1) is 0 Å². The fraction of sp³-hybridized carbons (Fsp3) is 0.524. The molecular weight excluding hydrogens is 372 g/mol. The topological polar surface area (TPSA) is 122 Å². The molecule has 1 aromatic rings. The molecule has 29 heavy (non-hydrogen) atoms. The van der Waals surface area contributed by atoms with Crippen molar-refractivity contribution in [3.05, 3.63) is 34.9 Å². The molecule has 0 aromatic heterocycles. The third-order valence-electron chi connectivity index (χ3n) is 7.16. The number of nitrogens with one attached hydrogen (secondary N) is 2. The number of hydrogen-bond acceptors (Lipinski definition) is 6. The first-order valence-electron chi connectivity index (χ1n) is 10.2. The molecule has 4 N–H and O–H groups in total. The van der Waals surface area contributed by atoms with Crippen molar-refractivity contribution < 1.29 is 19.2 Å². The molecule has 2 unspecified atom stereocenters. The molecule has 4 amide bonds. The number of piperidine rings is 1. The van der Waals surface area contributed by atoms with Crippen molar-refractivity contribution in [1.29, 1.82) is 0 Å². The van der Waals surface area contributed by atoms with Gasteiger partial charge in [0.1, 0.15) is 6.04 Å². The number of rotatable bonds is 5. The van der Waals surface area contributed by atoms with Crippen LogP contribution in [0.15, 0.2) is 18.2 Å². The molecule has 5 aliphatic rings. The Kier molecular flexibility index (Phi) is 4.11. The van der Waals surface area contributed by atoms with Gasteiger partial charge in [0.25, 0.3) is 11.8 Å². The summed E-state index contributed by atoms with van der Waals surface area (Å²) in [6.07, 6.45) is 3.81. The molecule has 8 heteroatoms. The van der Waals surface area contributed by atoms with E-state index in [0.717, 1.165) is 22.8 Å². The van der Waals surface area contributed by atoms with Gasteiger partial charge < -0.3 is 11.1 Å². The van der Waals surface area contributed by atoms with E-state index in [1.54, 1.807) is 12.1 Å². The number of fused-ring (bicyclic) bond motifs is 2. The van der Waals surface area contributed by atoms with Crippen molar-refractivity contribution in [2.24, 2.45) is 17.1 Å². The van der Waals surface area contributed by atoms with Gasteiger partial charge in [-0.05, 0) is 61.3 Å². The number of nitrogens with two attached hydrogens (primary N) is 1. The molecule has 8 nitrogen and oxygen atoms in total. The summed E-state index contributed by atoms with van der Waals surface area (Å²) in [5.74, 6) is -1.14. The van der Waals surface area contributed by atoms with Gasteiger partial charge in [-0.1, -0.05) is 6.07 Å². The lowest BCUT2D eigenvalue weighted by Gasteiger charge is -2.40. The second-order valence-corrected chi connectivity index (χ2v) is 8.84. The Labute approximate surface area is 168 Å². The quantitative estimate of drug-likeness (QED) is 0.616. The number of carbonyl (C=O) groups is 4. The van der Waals surface area contributed by atoms with E-state index in [-0.39, 0.29) is 24.2 Å². The summed E-state index contributed by atoms with van der Waals surface area (Å²) in [7, 11) is 0. The van der Waals surface area contributed by atoms with Crippen LogP contribution in [0.1, 0.15) is 58.4 Å². The molecule has 1 aromatic carbocycles. The van der Waals surface area contributed by atoms with Gasteiger partial charge in [0, 0.05) is 19.0 Å². The standard InChI is InChI=1S/C21H24N4O4/c22-10-21-7-12(8-21)6-16(21)23-9-11-1-2-13-14(5-11)20(29)25(19(13)28)15-3-4-17(26)24-18(15)27/h1-2,5,12,15-16,23H,3-4,6-10,22H2,(H,24,26,27). The van der Waals surface area contributed by atoms with E-state index in [9.17, 15) is 19.2 Å². The zero-order chi connectivity index (χ0) is 20.3. The number of benzene rings is 1. The highest BCUT2D eigenvalue weighted by molar-refractivity contribution is 6.23. The van der Waals surface area contributed by atoms with E-state index in [2.05, 4.69) is 10.6 Å². The molecule has 1 saturated heterocycles. The van der Waals surface area contributed by atoms with Gasteiger partial charge in [0.15, 0.2) is 0 Å². The lowest BCUT2D eigenvalue weighted by molar-refractivity contribution is -0.136. The summed E-state index contributed by atoms with van der Waals surface area (Å²) in [5, 5.41) is 5.80. The number of imide groups is 2. The average molecular weight is 396 g/mol. The van der Waals surface area contributed by atoms with Crippen LogP contribution in [0.4, 0.5) is 0 Å². The van der Waals surface area contributed by atoms with E-state index >= 15 is 0 Å². The van der Waals surface area contributed by atoms with Crippen LogP contribution in [-0.2, 0) is 16.1 Å². The molecule has 3 aliphatic carbocycles. The SMILES string of the molecule is NCC12CC(CC1NCc1ccc3c(c1)C(=O)N(C1CCC(=O)NC1=O)C3=O)C2. The van der Waals surface area contributed by atoms with Crippen molar-refractivity contribution >= 4 is 23.6 Å². The molecule has 152 valence electrons. The van der Waals surface area contributed by atoms with Crippen LogP contribution in [0.25, 0.3) is 0 Å². The number of hydrogen-bond donors (Lipinski definition) is 3. The van der Waals surface area contributed by atoms with Crippen molar-refractivity contribution in [1.82, 2.24) is 15.5 Å². The van der Waals surface area contributed by atoms with Gasteiger partial charge in [-0.2, -0.15) is 0 Å². The zero-order valence-electron chi connectivity index (χ0n) is 16.1. The molecule has 0 spiro atoms. The highest BCUT2D eigenvalue weighted by Gasteiger charge is 2.55. The Morgan fingerprint density at radius 1 is 1.14 bits per heavy atom. The predicted molar refractivity (Wildman–Crippen MR) is 103 cm³/mol. The summed E-state index contributed by atoms with van der Waals surface area (Å²) < 4.78 is 0. The van der Waals surface area contributed by atoms with E-state index in [0.29, 0.717) is 30.3 Å². The number of carbonyl (C=O) groups excluding carboxylic acids is 4. The van der Waals surface area contributed by atoms with Crippen LogP contribution < -0.4 is 16.4 Å². The number of nitrogens with zero attached hydrogens (tertiary/aromatic N) is 1. The van der Waals surface area contributed by atoms with Crippen LogP contribution in [0.2, 0.25) is 0 Å². The minimum atomic E-state index is -0.934. The van der Waals surface area contributed by atoms with E-state index in [1.807, 2.05) is 6.07 Å². The summed E-state index contributed by atoms with van der Waals surface area (Å²) in [5.41, 5.74) is 7.77. The van der Waals surface area contributed by atoms with Crippen molar-refractivity contribution in [2.45, 2.75) is 50.7 Å². The third kappa shape index (κ3) is 2.73. The summed E-state index contributed by atoms with van der Waals surface area (Å²) in [4.78, 5) is 50.2. The third-order valence-corrected chi connectivity index (χ3v) is 7.16. The van der Waals surface area contributed by atoms with Crippen LogP contribution in [0.3, 0.4) is 0 Å². The van der Waals surface area contributed by atoms with Gasteiger partial charge in [-0.25, -0.2) is 0 Å². The van der Waals surface area contributed by atoms with Gasteiger partial charge >= 0.3 is 0 Å². The first-order valence-corrected chi connectivity index (χ1v) is 10.2. The molecule has 3 saturated carbocycles. The van der Waals surface area contributed by atoms with Gasteiger partial charge in [0.2, 0.25) is 11.8 Å². The average Bonchev–Trinajstić information content (AvgIpc) is 3.29. The Balaban J connectivity index is 1.32. The highest BCUT2D eigenvalue weighted by atomic mass is 16.2. The molecular formula is C21H24N4O4. The van der Waals surface area contributed by atoms with Gasteiger partial charge in [-0.3, -0.25) is 29.4 Å². The van der Waals surface area contributed by atoms with Crippen LogP contribution in [0.5, 0.6) is 0 Å². The van der Waals surface area contributed by atoms with Crippen LogP contribution in [-0.4, -0.2) is 47.2 Å². The first kappa shape index (κ1) is 18.4. The van der Waals surface area contributed by atoms with Crippen LogP contribution in [0, 0.1) is 11.3 Å². The maximum atomic E-state index is 12.9. The van der Waals surface area contributed by atoms with E-state index < -0.39 is 23.8 Å². The Morgan fingerprint density at radius 2 is 1.90 bits per heavy atom. The monoisotopic (exact) mass is 396 g/mol. The second kappa shape index (κ2) is 6.47. The van der Waals surface area contributed by atoms with Crippen molar-refractivity contribution in [3.63, 3.8) is 0 Å². The molecule has 2 aliphatic heterocycles. The molecule has 2 heterocycles. The fourth-order valence-corrected chi connectivity index (χ4v) is 5.60. The van der Waals surface area contributed by atoms with Crippen LogP contribution >= 0.6 is 0 Å². The predicted octanol–water partition coefficient (Wildman–Crippen LogP) is 0.305. The minimum absolute atomic E-state index is 0.115. The second-order valence-electron chi connectivity index (χ2n) is 8.84. The lowest BCUT2D eigenvalue weighted by atomic mass is 9.68. The fourth-order valence-electron chi connectivity index (χ4n) is 5.60. The smallest absolute Gasteiger partial charge is 0.262 e.